The molecule has 3 nitrogen and oxygen atoms in total. The zero-order chi connectivity index (χ0) is 13.0. The van der Waals surface area contributed by atoms with Crippen molar-refractivity contribution in [3.63, 3.8) is 0 Å². The Labute approximate surface area is 105 Å². The quantitative estimate of drug-likeness (QED) is 0.770. The van der Waals surface area contributed by atoms with Gasteiger partial charge in [-0.2, -0.15) is 0 Å². The SMILES string of the molecule is CC(C)C(CN)C(=O)OC1CCC(C)C(C)C1. The van der Waals surface area contributed by atoms with E-state index < -0.39 is 0 Å². The molecule has 0 saturated heterocycles. The van der Waals surface area contributed by atoms with Crippen molar-refractivity contribution in [2.24, 2.45) is 29.4 Å². The van der Waals surface area contributed by atoms with E-state index in [0.29, 0.717) is 12.5 Å². The molecule has 0 spiro atoms. The molecular weight excluding hydrogens is 214 g/mol. The van der Waals surface area contributed by atoms with Gasteiger partial charge in [-0.15, -0.1) is 0 Å². The fourth-order valence-corrected chi connectivity index (χ4v) is 2.50. The zero-order valence-corrected chi connectivity index (χ0v) is 11.6. The summed E-state index contributed by atoms with van der Waals surface area (Å²) in [6.45, 7) is 8.94. The minimum absolute atomic E-state index is 0.103. The van der Waals surface area contributed by atoms with E-state index in [0.717, 1.165) is 25.2 Å². The number of rotatable bonds is 4. The Morgan fingerprint density at radius 3 is 2.41 bits per heavy atom. The third-order valence-electron chi connectivity index (χ3n) is 4.19. The Morgan fingerprint density at radius 2 is 1.94 bits per heavy atom. The molecule has 4 unspecified atom stereocenters. The van der Waals surface area contributed by atoms with Gasteiger partial charge in [-0.1, -0.05) is 27.7 Å². The van der Waals surface area contributed by atoms with Crippen molar-refractivity contribution in [3.8, 4) is 0 Å². The smallest absolute Gasteiger partial charge is 0.310 e. The monoisotopic (exact) mass is 241 g/mol. The van der Waals surface area contributed by atoms with Crippen molar-refractivity contribution >= 4 is 5.97 Å². The predicted molar refractivity (Wildman–Crippen MR) is 69.4 cm³/mol. The highest BCUT2D eigenvalue weighted by atomic mass is 16.5. The van der Waals surface area contributed by atoms with Crippen LogP contribution < -0.4 is 5.73 Å². The molecule has 0 aliphatic heterocycles. The predicted octanol–water partition coefficient (Wildman–Crippen LogP) is 2.59. The van der Waals surface area contributed by atoms with Crippen molar-refractivity contribution in [1.29, 1.82) is 0 Å². The number of esters is 1. The van der Waals surface area contributed by atoms with Crippen molar-refractivity contribution < 1.29 is 9.53 Å². The van der Waals surface area contributed by atoms with Gasteiger partial charge >= 0.3 is 5.97 Å². The summed E-state index contributed by atoms with van der Waals surface area (Å²) in [6, 6.07) is 0. The average Bonchev–Trinajstić information content (AvgIpc) is 2.24. The van der Waals surface area contributed by atoms with Gasteiger partial charge in [-0.25, -0.2) is 0 Å². The topological polar surface area (TPSA) is 52.3 Å². The largest absolute Gasteiger partial charge is 0.462 e. The molecule has 100 valence electrons. The highest BCUT2D eigenvalue weighted by Gasteiger charge is 2.30. The van der Waals surface area contributed by atoms with Gasteiger partial charge in [0, 0.05) is 6.54 Å². The van der Waals surface area contributed by atoms with E-state index in [1.807, 2.05) is 13.8 Å². The lowest BCUT2D eigenvalue weighted by Crippen LogP contribution is -2.35. The lowest BCUT2D eigenvalue weighted by Gasteiger charge is -2.32. The van der Waals surface area contributed by atoms with Crippen LogP contribution in [0.5, 0.6) is 0 Å². The minimum Gasteiger partial charge on any atom is -0.462 e. The Kier molecular flexibility index (Phi) is 5.44. The maximum Gasteiger partial charge on any atom is 0.310 e. The van der Waals surface area contributed by atoms with E-state index in [4.69, 9.17) is 10.5 Å². The van der Waals surface area contributed by atoms with Crippen LogP contribution in [0.4, 0.5) is 0 Å². The first-order chi connectivity index (χ1) is 7.95. The van der Waals surface area contributed by atoms with Crippen molar-refractivity contribution in [1.82, 2.24) is 0 Å². The average molecular weight is 241 g/mol. The first-order valence-corrected chi connectivity index (χ1v) is 6.86. The first kappa shape index (κ1) is 14.5. The Balaban J connectivity index is 2.46. The molecule has 0 bridgehead atoms. The van der Waals surface area contributed by atoms with Crippen LogP contribution >= 0.6 is 0 Å². The van der Waals surface area contributed by atoms with Crippen LogP contribution in [0.15, 0.2) is 0 Å². The van der Waals surface area contributed by atoms with Gasteiger partial charge in [0.25, 0.3) is 0 Å². The number of nitrogens with two attached hydrogens (primary N) is 1. The molecule has 1 rings (SSSR count). The zero-order valence-electron chi connectivity index (χ0n) is 11.6. The summed E-state index contributed by atoms with van der Waals surface area (Å²) in [6.07, 6.45) is 3.28. The lowest BCUT2D eigenvalue weighted by molar-refractivity contribution is -0.158. The van der Waals surface area contributed by atoms with E-state index in [-0.39, 0.29) is 23.9 Å². The minimum atomic E-state index is -0.148. The fourth-order valence-electron chi connectivity index (χ4n) is 2.50. The van der Waals surface area contributed by atoms with E-state index >= 15 is 0 Å². The number of carbonyl (C=O) groups excluding carboxylic acids is 1. The lowest BCUT2D eigenvalue weighted by atomic mass is 9.80. The summed E-state index contributed by atoms with van der Waals surface area (Å²) >= 11 is 0. The summed E-state index contributed by atoms with van der Waals surface area (Å²) in [5.41, 5.74) is 5.63. The van der Waals surface area contributed by atoms with Gasteiger partial charge < -0.3 is 10.5 Å². The number of hydrogen-bond acceptors (Lipinski definition) is 3. The van der Waals surface area contributed by atoms with Gasteiger partial charge in [-0.3, -0.25) is 4.79 Å². The van der Waals surface area contributed by atoms with Crippen molar-refractivity contribution in [2.75, 3.05) is 6.54 Å². The molecule has 1 aliphatic carbocycles. The summed E-state index contributed by atoms with van der Waals surface area (Å²) in [5, 5.41) is 0. The second-order valence-corrected chi connectivity index (χ2v) is 5.91. The molecule has 2 N–H and O–H groups in total. The summed E-state index contributed by atoms with van der Waals surface area (Å²) < 4.78 is 5.61. The molecule has 17 heavy (non-hydrogen) atoms. The van der Waals surface area contributed by atoms with Gasteiger partial charge in [-0.05, 0) is 37.0 Å². The van der Waals surface area contributed by atoms with Crippen LogP contribution in [0, 0.1) is 23.7 Å². The van der Waals surface area contributed by atoms with Gasteiger partial charge in [0.05, 0.1) is 5.92 Å². The van der Waals surface area contributed by atoms with E-state index in [1.165, 1.54) is 0 Å². The van der Waals surface area contributed by atoms with Crippen LogP contribution in [-0.4, -0.2) is 18.6 Å². The standard InChI is InChI=1S/C14H27NO2/c1-9(2)13(8-15)14(16)17-12-6-5-10(3)11(4)7-12/h9-13H,5-8,15H2,1-4H3. The third-order valence-corrected chi connectivity index (χ3v) is 4.19. The van der Waals surface area contributed by atoms with Crippen LogP contribution in [0.1, 0.15) is 47.0 Å². The van der Waals surface area contributed by atoms with Gasteiger partial charge in [0.2, 0.25) is 0 Å². The molecule has 0 heterocycles. The third kappa shape index (κ3) is 3.98. The van der Waals surface area contributed by atoms with E-state index in [2.05, 4.69) is 13.8 Å². The molecule has 1 fully saturated rings. The summed E-state index contributed by atoms with van der Waals surface area (Å²) in [5.74, 6) is 1.41. The van der Waals surface area contributed by atoms with Gasteiger partial charge in [0.1, 0.15) is 6.10 Å². The second kappa shape index (κ2) is 6.39. The van der Waals surface area contributed by atoms with Crippen molar-refractivity contribution in [2.45, 2.75) is 53.1 Å². The number of carbonyl (C=O) groups is 1. The molecule has 3 heteroatoms. The molecule has 1 saturated carbocycles. The highest BCUT2D eigenvalue weighted by Crippen LogP contribution is 2.31. The molecule has 0 aromatic heterocycles. The molecule has 0 amide bonds. The normalized spacial score (nSPS) is 31.3. The van der Waals surface area contributed by atoms with Crippen molar-refractivity contribution in [3.05, 3.63) is 0 Å². The van der Waals surface area contributed by atoms with Crippen LogP contribution in [0.25, 0.3) is 0 Å². The Morgan fingerprint density at radius 1 is 1.29 bits per heavy atom. The molecule has 0 aromatic rings. The molecular formula is C14H27NO2. The summed E-state index contributed by atoms with van der Waals surface area (Å²) in [7, 11) is 0. The molecule has 4 atom stereocenters. The molecule has 1 aliphatic rings. The van der Waals surface area contributed by atoms with E-state index in [1.54, 1.807) is 0 Å². The highest BCUT2D eigenvalue weighted by molar-refractivity contribution is 5.73. The Hall–Kier alpha value is -0.570. The fraction of sp³-hybridized carbons (Fsp3) is 0.929. The van der Waals surface area contributed by atoms with Crippen LogP contribution in [-0.2, 0) is 9.53 Å². The maximum atomic E-state index is 12.0. The summed E-state index contributed by atoms with van der Waals surface area (Å²) in [4.78, 5) is 12.0. The number of ether oxygens (including phenoxy) is 1. The van der Waals surface area contributed by atoms with Crippen LogP contribution in [0.3, 0.4) is 0 Å². The van der Waals surface area contributed by atoms with Crippen LogP contribution in [0.2, 0.25) is 0 Å². The first-order valence-electron chi connectivity index (χ1n) is 6.86. The van der Waals surface area contributed by atoms with Gasteiger partial charge in [0.15, 0.2) is 0 Å². The maximum absolute atomic E-state index is 12.0. The molecule has 0 radical (unpaired) electrons. The Bertz CT molecular complexity index is 253. The van der Waals surface area contributed by atoms with E-state index in [9.17, 15) is 4.79 Å². The second-order valence-electron chi connectivity index (χ2n) is 5.91. The number of hydrogen-bond donors (Lipinski definition) is 1. The molecule has 0 aromatic carbocycles.